The lowest BCUT2D eigenvalue weighted by molar-refractivity contribution is -0.159. The van der Waals surface area contributed by atoms with Crippen molar-refractivity contribution in [3.8, 4) is 0 Å². The van der Waals surface area contributed by atoms with Crippen molar-refractivity contribution >= 4 is 11.9 Å². The number of nitrogens with two attached hydrogens (primary N) is 1. The number of rotatable bonds is 2. The normalized spacial score (nSPS) is 38.9. The average Bonchev–Trinajstić information content (AvgIpc) is 2.28. The Hall–Kier alpha value is -1.10. The summed E-state index contributed by atoms with van der Waals surface area (Å²) in [5, 5.41) is 18.3. The Morgan fingerprint density at radius 3 is 1.73 bits per heavy atom. The van der Waals surface area contributed by atoms with Gasteiger partial charge in [-0.1, -0.05) is 13.8 Å². The van der Waals surface area contributed by atoms with E-state index >= 15 is 0 Å². The summed E-state index contributed by atoms with van der Waals surface area (Å²) in [7, 11) is 0. The summed E-state index contributed by atoms with van der Waals surface area (Å²) in [5.41, 5.74) is 2.31. The first-order chi connectivity index (χ1) is 6.59. The molecule has 1 aliphatic rings. The molecule has 15 heavy (non-hydrogen) atoms. The quantitative estimate of drug-likeness (QED) is 0.628. The van der Waals surface area contributed by atoms with E-state index in [0.717, 1.165) is 0 Å². The van der Waals surface area contributed by atoms with Gasteiger partial charge in [-0.05, 0) is 19.8 Å². The second-order valence-corrected chi connectivity index (χ2v) is 5.04. The van der Waals surface area contributed by atoms with E-state index in [0.29, 0.717) is 0 Å². The molecule has 0 unspecified atom stereocenters. The van der Waals surface area contributed by atoms with Gasteiger partial charge in [-0.25, -0.2) is 0 Å². The second kappa shape index (κ2) is 2.95. The molecule has 2 atom stereocenters. The third-order valence-electron chi connectivity index (χ3n) is 4.37. The molecule has 5 nitrogen and oxygen atoms in total. The van der Waals surface area contributed by atoms with Gasteiger partial charge in [0.25, 0.3) is 0 Å². The van der Waals surface area contributed by atoms with Crippen LogP contribution in [0.4, 0.5) is 0 Å². The fourth-order valence-electron chi connectivity index (χ4n) is 2.31. The monoisotopic (exact) mass is 215 g/mol. The second-order valence-electron chi connectivity index (χ2n) is 5.04. The van der Waals surface area contributed by atoms with Crippen LogP contribution in [0.25, 0.3) is 0 Å². The lowest BCUT2D eigenvalue weighted by atomic mass is 9.63. The van der Waals surface area contributed by atoms with Crippen LogP contribution in [-0.2, 0) is 9.59 Å². The van der Waals surface area contributed by atoms with Crippen LogP contribution in [0.2, 0.25) is 0 Å². The van der Waals surface area contributed by atoms with Gasteiger partial charge in [0.15, 0.2) is 0 Å². The highest BCUT2D eigenvalue weighted by Gasteiger charge is 2.65. The van der Waals surface area contributed by atoms with E-state index in [1.807, 2.05) is 0 Å². The number of carboxylic acid groups (broad SMARTS) is 2. The van der Waals surface area contributed by atoms with Crippen molar-refractivity contribution in [2.75, 3.05) is 0 Å². The highest BCUT2D eigenvalue weighted by atomic mass is 16.4. The first-order valence-corrected chi connectivity index (χ1v) is 4.85. The van der Waals surface area contributed by atoms with Gasteiger partial charge in [0.05, 0.1) is 5.41 Å². The predicted molar refractivity (Wildman–Crippen MR) is 53.3 cm³/mol. The zero-order valence-electron chi connectivity index (χ0n) is 9.20. The number of carbonyl (C=O) groups is 2. The van der Waals surface area contributed by atoms with Gasteiger partial charge < -0.3 is 15.9 Å². The standard InChI is InChI=1S/C10H17NO4/c1-8(2)9(3,6(12)13)4-5-10(8,11)7(14)15/h4-5,11H2,1-3H3,(H,12,13)(H,14,15)/t9-,10-/m0/s1. The molecule has 1 rings (SSSR count). The smallest absolute Gasteiger partial charge is 0.324 e. The molecule has 0 amide bonds. The Morgan fingerprint density at radius 1 is 1.07 bits per heavy atom. The van der Waals surface area contributed by atoms with Crippen molar-refractivity contribution in [1.82, 2.24) is 0 Å². The van der Waals surface area contributed by atoms with Crippen molar-refractivity contribution < 1.29 is 19.8 Å². The van der Waals surface area contributed by atoms with E-state index < -0.39 is 28.3 Å². The summed E-state index contributed by atoms with van der Waals surface area (Å²) < 4.78 is 0. The Labute approximate surface area is 88.3 Å². The van der Waals surface area contributed by atoms with Crippen molar-refractivity contribution in [2.45, 2.75) is 39.2 Å². The fraction of sp³-hybridized carbons (Fsp3) is 0.800. The highest BCUT2D eigenvalue weighted by molar-refractivity contribution is 5.85. The van der Waals surface area contributed by atoms with Crippen LogP contribution in [0.3, 0.4) is 0 Å². The van der Waals surface area contributed by atoms with Gasteiger partial charge in [-0.15, -0.1) is 0 Å². The summed E-state index contributed by atoms with van der Waals surface area (Å²) in [5.74, 6) is -2.11. The number of carboxylic acids is 2. The minimum atomic E-state index is -1.46. The summed E-state index contributed by atoms with van der Waals surface area (Å²) in [4.78, 5) is 22.3. The summed E-state index contributed by atoms with van der Waals surface area (Å²) in [6.07, 6.45) is 0.482. The van der Waals surface area contributed by atoms with Crippen molar-refractivity contribution in [2.24, 2.45) is 16.6 Å². The first kappa shape index (κ1) is 12.0. The molecule has 86 valence electrons. The molecule has 0 radical (unpaired) electrons. The molecule has 1 aliphatic carbocycles. The molecule has 1 saturated carbocycles. The average molecular weight is 215 g/mol. The van der Waals surface area contributed by atoms with Crippen LogP contribution in [0.15, 0.2) is 0 Å². The van der Waals surface area contributed by atoms with Crippen LogP contribution >= 0.6 is 0 Å². The number of aliphatic carboxylic acids is 2. The molecule has 0 aromatic carbocycles. The minimum absolute atomic E-state index is 0.193. The van der Waals surface area contributed by atoms with Gasteiger partial charge in [0.2, 0.25) is 0 Å². The maximum atomic E-state index is 11.2. The maximum Gasteiger partial charge on any atom is 0.324 e. The van der Waals surface area contributed by atoms with Gasteiger partial charge in [0.1, 0.15) is 5.54 Å². The first-order valence-electron chi connectivity index (χ1n) is 4.85. The molecule has 4 N–H and O–H groups in total. The molecule has 0 spiro atoms. The Bertz CT molecular complexity index is 295. The largest absolute Gasteiger partial charge is 0.481 e. The highest BCUT2D eigenvalue weighted by Crippen LogP contribution is 2.57. The van der Waals surface area contributed by atoms with Gasteiger partial charge >= 0.3 is 11.9 Å². The van der Waals surface area contributed by atoms with E-state index in [-0.39, 0.29) is 12.8 Å². The molecule has 0 aliphatic heterocycles. The third kappa shape index (κ3) is 1.19. The summed E-state index contributed by atoms with van der Waals surface area (Å²) in [6.45, 7) is 4.79. The molecule has 0 bridgehead atoms. The van der Waals surface area contributed by atoms with Gasteiger partial charge in [-0.3, -0.25) is 9.59 Å². The maximum absolute atomic E-state index is 11.2. The summed E-state index contributed by atoms with van der Waals surface area (Å²) >= 11 is 0. The van der Waals surface area contributed by atoms with Gasteiger partial charge in [-0.2, -0.15) is 0 Å². The SMILES string of the molecule is CC1(C)[C@](C)(C(=O)O)CC[C@]1(N)C(=O)O. The van der Waals surface area contributed by atoms with Crippen LogP contribution in [0, 0.1) is 10.8 Å². The van der Waals surface area contributed by atoms with E-state index in [1.165, 1.54) is 0 Å². The van der Waals surface area contributed by atoms with Crippen LogP contribution in [-0.4, -0.2) is 27.7 Å². The lowest BCUT2D eigenvalue weighted by Gasteiger charge is -2.42. The molecule has 0 heterocycles. The Kier molecular flexibility index (Phi) is 2.35. The Balaban J connectivity index is 3.26. The Morgan fingerprint density at radius 2 is 1.53 bits per heavy atom. The van der Waals surface area contributed by atoms with E-state index in [2.05, 4.69) is 0 Å². The minimum Gasteiger partial charge on any atom is -0.481 e. The summed E-state index contributed by atoms with van der Waals surface area (Å²) in [6, 6.07) is 0. The van der Waals surface area contributed by atoms with E-state index in [4.69, 9.17) is 10.8 Å². The van der Waals surface area contributed by atoms with Crippen molar-refractivity contribution in [3.05, 3.63) is 0 Å². The molecule has 0 aromatic heterocycles. The molecule has 0 aromatic rings. The molecule has 0 saturated heterocycles. The van der Waals surface area contributed by atoms with E-state index in [1.54, 1.807) is 20.8 Å². The van der Waals surface area contributed by atoms with Gasteiger partial charge in [0, 0.05) is 5.41 Å². The topological polar surface area (TPSA) is 101 Å². The fourth-order valence-corrected chi connectivity index (χ4v) is 2.31. The molecular formula is C10H17NO4. The van der Waals surface area contributed by atoms with E-state index in [9.17, 15) is 14.7 Å². The van der Waals surface area contributed by atoms with Crippen LogP contribution < -0.4 is 5.73 Å². The van der Waals surface area contributed by atoms with Crippen molar-refractivity contribution in [3.63, 3.8) is 0 Å². The third-order valence-corrected chi connectivity index (χ3v) is 4.37. The zero-order valence-corrected chi connectivity index (χ0v) is 9.20. The van der Waals surface area contributed by atoms with Crippen LogP contribution in [0.5, 0.6) is 0 Å². The van der Waals surface area contributed by atoms with Crippen LogP contribution in [0.1, 0.15) is 33.6 Å². The molecular weight excluding hydrogens is 198 g/mol. The van der Waals surface area contributed by atoms with Crippen molar-refractivity contribution in [1.29, 1.82) is 0 Å². The zero-order chi connectivity index (χ0) is 12.1. The lowest BCUT2D eigenvalue weighted by Crippen LogP contribution is -2.60. The predicted octanol–water partition coefficient (Wildman–Crippen LogP) is 0.679. The number of hydrogen-bond donors (Lipinski definition) is 3. The number of hydrogen-bond acceptors (Lipinski definition) is 3. The molecule has 5 heteroatoms. The molecule has 1 fully saturated rings.